The summed E-state index contributed by atoms with van der Waals surface area (Å²) in [4.78, 5) is 19.7. The standard InChI is InChI=1S/C30H33Cl2N3O6/c1-17(2)40-23-11-19(12-34-26(23)28(36)37)38-16-29-5-8-30(9-6-29,10-7-29)39-15-20-25(35-41-27(20)18-3-4-18)24-21(31)13-33-14-22(24)32/h11-14,17-18H,3-10,15-16H2,1-2H3,(H,36,37). The highest BCUT2D eigenvalue weighted by Gasteiger charge is 2.50. The molecule has 0 saturated heterocycles. The van der Waals surface area contributed by atoms with Gasteiger partial charge >= 0.3 is 5.97 Å². The summed E-state index contributed by atoms with van der Waals surface area (Å²) in [5.74, 6) is 0.837. The van der Waals surface area contributed by atoms with Crippen LogP contribution in [0.15, 0.2) is 29.2 Å². The second-order valence-electron chi connectivity index (χ2n) is 11.9. The highest BCUT2D eigenvalue weighted by molar-refractivity contribution is 6.38. The molecule has 3 aromatic rings. The first-order valence-corrected chi connectivity index (χ1v) is 14.9. The number of aromatic nitrogens is 3. The largest absolute Gasteiger partial charge is 0.491 e. The topological polar surface area (TPSA) is 117 Å². The van der Waals surface area contributed by atoms with Crippen LogP contribution in [-0.2, 0) is 11.3 Å². The molecular weight excluding hydrogens is 569 g/mol. The molecule has 3 aromatic heterocycles. The fourth-order valence-corrected chi connectivity index (χ4v) is 6.64. The maximum atomic E-state index is 11.5. The lowest BCUT2D eigenvalue weighted by atomic mass is 9.59. The maximum Gasteiger partial charge on any atom is 0.358 e. The molecular formula is C30H33Cl2N3O6. The van der Waals surface area contributed by atoms with E-state index in [0.717, 1.165) is 62.7 Å². The van der Waals surface area contributed by atoms with Gasteiger partial charge in [-0.15, -0.1) is 0 Å². The summed E-state index contributed by atoms with van der Waals surface area (Å²) in [7, 11) is 0. The number of aromatic carboxylic acids is 1. The van der Waals surface area contributed by atoms with Crippen molar-refractivity contribution in [2.24, 2.45) is 5.41 Å². The van der Waals surface area contributed by atoms with Crippen LogP contribution >= 0.6 is 23.2 Å². The van der Waals surface area contributed by atoms with Gasteiger partial charge in [0.2, 0.25) is 0 Å². The van der Waals surface area contributed by atoms with Crippen LogP contribution in [0.1, 0.15) is 92.9 Å². The fraction of sp³-hybridized carbons (Fsp3) is 0.533. The van der Waals surface area contributed by atoms with Crippen LogP contribution < -0.4 is 9.47 Å². The third-order valence-electron chi connectivity index (χ3n) is 8.65. The van der Waals surface area contributed by atoms with Crippen LogP contribution in [0.2, 0.25) is 10.0 Å². The van der Waals surface area contributed by atoms with Gasteiger partial charge in [0.15, 0.2) is 11.4 Å². The van der Waals surface area contributed by atoms with Crippen LogP contribution in [-0.4, -0.2) is 44.5 Å². The predicted molar refractivity (Wildman–Crippen MR) is 152 cm³/mol. The van der Waals surface area contributed by atoms with Crippen LogP contribution in [0, 0.1) is 5.41 Å². The number of nitrogens with zero attached hydrogens (tertiary/aromatic N) is 3. The van der Waals surface area contributed by atoms with E-state index in [2.05, 4.69) is 15.1 Å². The summed E-state index contributed by atoms with van der Waals surface area (Å²) in [6.45, 7) is 4.62. The maximum absolute atomic E-state index is 11.5. The zero-order valence-corrected chi connectivity index (χ0v) is 24.6. The van der Waals surface area contributed by atoms with Gasteiger partial charge < -0.3 is 23.8 Å². The van der Waals surface area contributed by atoms with E-state index < -0.39 is 5.97 Å². The average Bonchev–Trinajstić information content (AvgIpc) is 3.71. The van der Waals surface area contributed by atoms with E-state index in [-0.39, 0.29) is 28.6 Å². The van der Waals surface area contributed by atoms with Gasteiger partial charge in [-0.3, -0.25) is 4.98 Å². The van der Waals surface area contributed by atoms with Gasteiger partial charge in [-0.05, 0) is 65.2 Å². The molecule has 0 aliphatic heterocycles. The van der Waals surface area contributed by atoms with Crippen molar-refractivity contribution >= 4 is 29.2 Å². The molecule has 9 nitrogen and oxygen atoms in total. The molecule has 3 heterocycles. The van der Waals surface area contributed by atoms with Crippen molar-refractivity contribution in [3.63, 3.8) is 0 Å². The Kier molecular flexibility index (Phi) is 7.63. The summed E-state index contributed by atoms with van der Waals surface area (Å²) >= 11 is 12.9. The van der Waals surface area contributed by atoms with E-state index in [1.165, 1.54) is 6.20 Å². The van der Waals surface area contributed by atoms with E-state index in [1.807, 2.05) is 13.8 Å². The molecule has 4 saturated carbocycles. The minimum atomic E-state index is -1.13. The monoisotopic (exact) mass is 601 g/mol. The number of fused-ring (bicyclic) bond motifs is 3. The zero-order chi connectivity index (χ0) is 28.8. The first-order chi connectivity index (χ1) is 19.7. The van der Waals surface area contributed by atoms with E-state index in [1.54, 1.807) is 18.5 Å². The summed E-state index contributed by atoms with van der Waals surface area (Å²) in [6, 6.07) is 1.63. The molecule has 41 heavy (non-hydrogen) atoms. The Morgan fingerprint density at radius 1 is 1.10 bits per heavy atom. The number of carbonyl (C=O) groups is 1. The SMILES string of the molecule is CC(C)Oc1cc(OCC23CCC(OCc4c(-c5c(Cl)cncc5Cl)noc4C4CC4)(CC2)CC3)cnc1C(=O)O. The van der Waals surface area contributed by atoms with Gasteiger partial charge in [0.1, 0.15) is 17.2 Å². The second kappa shape index (κ2) is 11.1. The first kappa shape index (κ1) is 28.2. The fourth-order valence-electron chi connectivity index (χ4n) is 6.10. The van der Waals surface area contributed by atoms with E-state index in [4.69, 9.17) is 41.9 Å². The molecule has 4 fully saturated rings. The predicted octanol–water partition coefficient (Wildman–Crippen LogP) is 7.49. The number of ether oxygens (including phenoxy) is 3. The number of carboxylic acid groups (broad SMARTS) is 1. The van der Waals surface area contributed by atoms with Crippen LogP contribution in [0.5, 0.6) is 11.5 Å². The highest BCUT2D eigenvalue weighted by atomic mass is 35.5. The minimum absolute atomic E-state index is 0.0509. The molecule has 2 bridgehead atoms. The van der Waals surface area contributed by atoms with Crippen molar-refractivity contribution in [3.05, 3.63) is 51.7 Å². The normalized spacial score (nSPS) is 23.6. The number of halogens is 2. The number of hydrogen-bond acceptors (Lipinski definition) is 8. The Morgan fingerprint density at radius 2 is 1.78 bits per heavy atom. The molecule has 0 unspecified atom stereocenters. The van der Waals surface area contributed by atoms with Crippen LogP contribution in [0.3, 0.4) is 0 Å². The van der Waals surface area contributed by atoms with Crippen LogP contribution in [0.25, 0.3) is 11.3 Å². The third kappa shape index (κ3) is 5.76. The molecule has 0 spiro atoms. The van der Waals surface area contributed by atoms with Crippen molar-refractivity contribution in [3.8, 4) is 22.8 Å². The second-order valence-corrected chi connectivity index (χ2v) is 12.7. The molecule has 218 valence electrons. The minimum Gasteiger partial charge on any atom is -0.491 e. The third-order valence-corrected chi connectivity index (χ3v) is 9.22. The Labute approximate surface area is 248 Å². The summed E-state index contributed by atoms with van der Waals surface area (Å²) in [5.41, 5.74) is 1.93. The summed E-state index contributed by atoms with van der Waals surface area (Å²) in [6.07, 6.45) is 12.3. The van der Waals surface area contributed by atoms with Crippen molar-refractivity contribution < 1.29 is 28.6 Å². The number of pyridine rings is 2. The Hall–Kier alpha value is -2.88. The van der Waals surface area contributed by atoms with Crippen molar-refractivity contribution in [2.45, 2.75) is 89.4 Å². The van der Waals surface area contributed by atoms with Gasteiger partial charge in [0.05, 0.1) is 41.2 Å². The smallest absolute Gasteiger partial charge is 0.358 e. The molecule has 0 atom stereocenters. The highest BCUT2D eigenvalue weighted by Crippen LogP contribution is 2.55. The lowest BCUT2D eigenvalue weighted by Crippen LogP contribution is -2.49. The van der Waals surface area contributed by atoms with Crippen molar-refractivity contribution in [1.82, 2.24) is 15.1 Å². The Bertz CT molecular complexity index is 1410. The van der Waals surface area contributed by atoms with E-state index in [0.29, 0.717) is 46.2 Å². The molecule has 4 aliphatic rings. The average molecular weight is 603 g/mol. The number of rotatable bonds is 11. The molecule has 1 N–H and O–H groups in total. The molecule has 4 aliphatic carbocycles. The number of carboxylic acids is 1. The van der Waals surface area contributed by atoms with Gasteiger partial charge in [0, 0.05) is 40.9 Å². The molecule has 0 radical (unpaired) electrons. The summed E-state index contributed by atoms with van der Waals surface area (Å²) < 4.78 is 24.4. The van der Waals surface area contributed by atoms with Gasteiger partial charge in [-0.2, -0.15) is 0 Å². The molecule has 0 aromatic carbocycles. The molecule has 0 amide bonds. The molecule has 7 rings (SSSR count). The van der Waals surface area contributed by atoms with Crippen LogP contribution in [0.4, 0.5) is 0 Å². The quantitative estimate of drug-likeness (QED) is 0.238. The summed E-state index contributed by atoms with van der Waals surface area (Å²) in [5, 5.41) is 14.7. The van der Waals surface area contributed by atoms with Gasteiger partial charge in [0.25, 0.3) is 0 Å². The first-order valence-electron chi connectivity index (χ1n) is 14.1. The molecule has 11 heteroatoms. The van der Waals surface area contributed by atoms with E-state index >= 15 is 0 Å². The van der Waals surface area contributed by atoms with Crippen molar-refractivity contribution in [1.29, 1.82) is 0 Å². The zero-order valence-electron chi connectivity index (χ0n) is 23.1. The lowest BCUT2D eigenvalue weighted by Gasteiger charge is -2.52. The lowest BCUT2D eigenvalue weighted by molar-refractivity contribution is -0.150. The Balaban J connectivity index is 1.12. The van der Waals surface area contributed by atoms with Gasteiger partial charge in [-0.1, -0.05) is 28.4 Å². The number of hydrogen-bond donors (Lipinski definition) is 1. The van der Waals surface area contributed by atoms with Gasteiger partial charge in [-0.25, -0.2) is 9.78 Å². The Morgan fingerprint density at radius 3 is 2.39 bits per heavy atom. The van der Waals surface area contributed by atoms with E-state index in [9.17, 15) is 9.90 Å². The van der Waals surface area contributed by atoms with Crippen molar-refractivity contribution in [2.75, 3.05) is 6.61 Å².